The highest BCUT2D eigenvalue weighted by molar-refractivity contribution is 6.02. The van der Waals surface area contributed by atoms with Crippen molar-refractivity contribution in [1.29, 1.82) is 0 Å². The predicted octanol–water partition coefficient (Wildman–Crippen LogP) is 4.16. The standard InChI is InChI=1S/C20H27NO3/c1-13-10-15-16(11-14(13)2)20(12-17(15)22)6-8-21(9-7-20)18(23)24-19(3,4)5/h10-11H,6-9,12H2,1-5H3. The Morgan fingerprint density at radius 2 is 1.71 bits per heavy atom. The van der Waals surface area contributed by atoms with Crippen molar-refractivity contribution in [3.05, 3.63) is 34.4 Å². The molecule has 1 fully saturated rings. The zero-order valence-corrected chi connectivity index (χ0v) is 15.4. The molecule has 0 radical (unpaired) electrons. The number of piperidine rings is 1. The predicted molar refractivity (Wildman–Crippen MR) is 93.6 cm³/mol. The smallest absolute Gasteiger partial charge is 0.410 e. The van der Waals surface area contributed by atoms with Gasteiger partial charge < -0.3 is 9.64 Å². The molecule has 1 aliphatic heterocycles. The van der Waals surface area contributed by atoms with Crippen LogP contribution in [-0.4, -0.2) is 35.5 Å². The van der Waals surface area contributed by atoms with Crippen LogP contribution in [0.3, 0.4) is 0 Å². The number of rotatable bonds is 0. The van der Waals surface area contributed by atoms with Crippen molar-refractivity contribution in [3.8, 4) is 0 Å². The molecule has 1 spiro atoms. The van der Waals surface area contributed by atoms with Crippen LogP contribution in [0, 0.1) is 13.8 Å². The Balaban J connectivity index is 1.79. The Kier molecular flexibility index (Phi) is 3.97. The normalized spacial score (nSPS) is 19.5. The molecule has 1 aliphatic carbocycles. The maximum Gasteiger partial charge on any atom is 0.410 e. The van der Waals surface area contributed by atoms with Crippen molar-refractivity contribution in [2.45, 2.75) is 64.9 Å². The number of carbonyl (C=O) groups is 2. The second-order valence-corrected chi connectivity index (χ2v) is 8.33. The minimum Gasteiger partial charge on any atom is -0.444 e. The van der Waals surface area contributed by atoms with E-state index in [2.05, 4.69) is 19.9 Å². The van der Waals surface area contributed by atoms with E-state index in [1.807, 2.05) is 26.8 Å². The van der Waals surface area contributed by atoms with Crippen LogP contribution in [0.4, 0.5) is 4.79 Å². The quantitative estimate of drug-likeness (QED) is 0.718. The molecule has 4 nitrogen and oxygen atoms in total. The van der Waals surface area contributed by atoms with Gasteiger partial charge in [-0.1, -0.05) is 6.07 Å². The lowest BCUT2D eigenvalue weighted by Crippen LogP contribution is -2.46. The number of likely N-dealkylation sites (tertiary alicyclic amines) is 1. The van der Waals surface area contributed by atoms with E-state index in [0.29, 0.717) is 19.5 Å². The van der Waals surface area contributed by atoms with Gasteiger partial charge in [0.15, 0.2) is 5.78 Å². The average Bonchev–Trinajstić information content (AvgIpc) is 2.71. The molecule has 1 saturated heterocycles. The summed E-state index contributed by atoms with van der Waals surface area (Å²) in [5.74, 6) is 0.249. The molecule has 1 aromatic rings. The van der Waals surface area contributed by atoms with Gasteiger partial charge in [-0.05, 0) is 70.2 Å². The number of benzene rings is 1. The molecule has 1 amide bonds. The summed E-state index contributed by atoms with van der Waals surface area (Å²) in [4.78, 5) is 26.5. The number of ether oxygens (including phenoxy) is 1. The zero-order chi connectivity index (χ0) is 17.7. The second-order valence-electron chi connectivity index (χ2n) is 8.33. The number of Topliss-reactive ketones (excluding diaryl/α,β-unsaturated/α-hetero) is 1. The fraction of sp³-hybridized carbons (Fsp3) is 0.600. The maximum atomic E-state index is 12.5. The Hall–Kier alpha value is -1.84. The third kappa shape index (κ3) is 2.94. The molecule has 0 N–H and O–H groups in total. The van der Waals surface area contributed by atoms with E-state index in [1.54, 1.807) is 4.90 Å². The first-order valence-corrected chi connectivity index (χ1v) is 8.74. The van der Waals surface area contributed by atoms with Gasteiger partial charge in [-0.15, -0.1) is 0 Å². The van der Waals surface area contributed by atoms with Crippen LogP contribution in [0.25, 0.3) is 0 Å². The summed E-state index contributed by atoms with van der Waals surface area (Å²) in [5, 5.41) is 0. The topological polar surface area (TPSA) is 46.6 Å². The number of hydrogen-bond donors (Lipinski definition) is 0. The van der Waals surface area contributed by atoms with Crippen LogP contribution in [0.5, 0.6) is 0 Å². The highest BCUT2D eigenvalue weighted by Gasteiger charge is 2.46. The van der Waals surface area contributed by atoms with E-state index >= 15 is 0 Å². The van der Waals surface area contributed by atoms with Crippen LogP contribution in [0.15, 0.2) is 12.1 Å². The van der Waals surface area contributed by atoms with Crippen molar-refractivity contribution in [3.63, 3.8) is 0 Å². The first kappa shape index (κ1) is 17.0. The molecule has 0 atom stereocenters. The van der Waals surface area contributed by atoms with Gasteiger partial charge in [0.1, 0.15) is 5.60 Å². The zero-order valence-electron chi connectivity index (χ0n) is 15.4. The Labute approximate surface area is 144 Å². The minimum atomic E-state index is -0.475. The molecule has 130 valence electrons. The molecule has 4 heteroatoms. The minimum absolute atomic E-state index is 0.0939. The largest absolute Gasteiger partial charge is 0.444 e. The first-order chi connectivity index (χ1) is 11.1. The van der Waals surface area contributed by atoms with Crippen LogP contribution >= 0.6 is 0 Å². The van der Waals surface area contributed by atoms with Crippen LogP contribution in [0.2, 0.25) is 0 Å². The maximum absolute atomic E-state index is 12.5. The van der Waals surface area contributed by atoms with Gasteiger partial charge in [0.25, 0.3) is 0 Å². The second kappa shape index (κ2) is 5.61. The summed E-state index contributed by atoms with van der Waals surface area (Å²) in [5.41, 5.74) is 3.92. The Morgan fingerprint density at radius 3 is 2.29 bits per heavy atom. The number of aryl methyl sites for hydroxylation is 2. The van der Waals surface area contributed by atoms with E-state index in [0.717, 1.165) is 18.4 Å². The number of nitrogens with zero attached hydrogens (tertiary/aromatic N) is 1. The van der Waals surface area contributed by atoms with Gasteiger partial charge in [0, 0.05) is 30.5 Å². The van der Waals surface area contributed by atoms with Gasteiger partial charge in [-0.25, -0.2) is 4.79 Å². The van der Waals surface area contributed by atoms with Gasteiger partial charge in [0.2, 0.25) is 0 Å². The van der Waals surface area contributed by atoms with Crippen molar-refractivity contribution in [1.82, 2.24) is 4.90 Å². The molecule has 0 bridgehead atoms. The van der Waals surface area contributed by atoms with Crippen LogP contribution < -0.4 is 0 Å². The first-order valence-electron chi connectivity index (χ1n) is 8.74. The summed E-state index contributed by atoms with van der Waals surface area (Å²) in [6.45, 7) is 11.1. The highest BCUT2D eigenvalue weighted by Crippen LogP contribution is 2.47. The molecule has 0 aromatic heterocycles. The van der Waals surface area contributed by atoms with Crippen molar-refractivity contribution < 1.29 is 14.3 Å². The molecular weight excluding hydrogens is 302 g/mol. The molecule has 0 unspecified atom stereocenters. The number of amides is 1. The van der Waals surface area contributed by atoms with Gasteiger partial charge in [0.05, 0.1) is 0 Å². The SMILES string of the molecule is Cc1cc2c(cc1C)C1(CCN(C(=O)OC(C)(C)C)CC1)CC2=O. The fourth-order valence-electron chi connectivity index (χ4n) is 3.87. The van der Waals surface area contributed by atoms with Crippen LogP contribution in [0.1, 0.15) is 67.1 Å². The van der Waals surface area contributed by atoms with Gasteiger partial charge in [-0.3, -0.25) is 4.79 Å². The molecule has 1 aromatic carbocycles. The van der Waals surface area contributed by atoms with Gasteiger partial charge >= 0.3 is 6.09 Å². The van der Waals surface area contributed by atoms with Crippen molar-refractivity contribution in [2.75, 3.05) is 13.1 Å². The lowest BCUT2D eigenvalue weighted by atomic mass is 9.73. The van der Waals surface area contributed by atoms with Crippen molar-refractivity contribution in [2.24, 2.45) is 0 Å². The van der Waals surface area contributed by atoms with E-state index in [4.69, 9.17) is 4.74 Å². The summed E-state index contributed by atoms with van der Waals surface area (Å²) < 4.78 is 5.47. The third-order valence-corrected chi connectivity index (χ3v) is 5.38. The Bertz CT molecular complexity index is 692. The van der Waals surface area contributed by atoms with Gasteiger partial charge in [-0.2, -0.15) is 0 Å². The molecule has 0 saturated carbocycles. The lowest BCUT2D eigenvalue weighted by molar-refractivity contribution is 0.0166. The molecule has 2 aliphatic rings. The average molecular weight is 329 g/mol. The fourth-order valence-corrected chi connectivity index (χ4v) is 3.87. The van der Waals surface area contributed by atoms with E-state index in [1.165, 1.54) is 16.7 Å². The number of hydrogen-bond acceptors (Lipinski definition) is 3. The summed E-state index contributed by atoms with van der Waals surface area (Å²) in [7, 11) is 0. The highest BCUT2D eigenvalue weighted by atomic mass is 16.6. The Morgan fingerprint density at radius 1 is 1.12 bits per heavy atom. The monoisotopic (exact) mass is 329 g/mol. The summed E-state index contributed by atoms with van der Waals surface area (Å²) >= 11 is 0. The number of ketones is 1. The molecule has 1 heterocycles. The summed E-state index contributed by atoms with van der Waals surface area (Å²) in [6.07, 6.45) is 1.98. The van der Waals surface area contributed by atoms with E-state index < -0.39 is 5.60 Å². The summed E-state index contributed by atoms with van der Waals surface area (Å²) in [6, 6.07) is 4.24. The third-order valence-electron chi connectivity index (χ3n) is 5.38. The number of carbonyl (C=O) groups excluding carboxylic acids is 2. The van der Waals surface area contributed by atoms with Crippen LogP contribution in [-0.2, 0) is 10.2 Å². The van der Waals surface area contributed by atoms with E-state index in [9.17, 15) is 9.59 Å². The van der Waals surface area contributed by atoms with E-state index in [-0.39, 0.29) is 17.3 Å². The lowest BCUT2D eigenvalue weighted by Gasteiger charge is -2.40. The van der Waals surface area contributed by atoms with Crippen molar-refractivity contribution >= 4 is 11.9 Å². The number of fused-ring (bicyclic) bond motifs is 2. The molecule has 24 heavy (non-hydrogen) atoms. The molecular formula is C20H27NO3. The molecule has 3 rings (SSSR count).